The van der Waals surface area contributed by atoms with Crippen molar-refractivity contribution in [3.63, 3.8) is 0 Å². The normalized spacial score (nSPS) is 13.5. The zero-order valence-corrected chi connectivity index (χ0v) is 13.3. The van der Waals surface area contributed by atoms with Gasteiger partial charge >= 0.3 is 0 Å². The Balaban J connectivity index is 2.47. The molecule has 0 heterocycles. The molecule has 2 unspecified atom stereocenters. The minimum Gasteiger partial charge on any atom is -0.494 e. The second kappa shape index (κ2) is 9.37. The highest BCUT2D eigenvalue weighted by Gasteiger charge is 2.15. The summed E-state index contributed by atoms with van der Waals surface area (Å²) in [4.78, 5) is 11.9. The van der Waals surface area contributed by atoms with Crippen LogP contribution in [0.3, 0.4) is 0 Å². The lowest BCUT2D eigenvalue weighted by Gasteiger charge is -2.20. The van der Waals surface area contributed by atoms with E-state index in [4.69, 9.17) is 9.47 Å². The molecule has 2 atom stereocenters. The van der Waals surface area contributed by atoms with Gasteiger partial charge in [-0.1, -0.05) is 12.1 Å². The summed E-state index contributed by atoms with van der Waals surface area (Å²) in [5.74, 6) is 0.837. The van der Waals surface area contributed by atoms with Gasteiger partial charge < -0.3 is 14.8 Å². The van der Waals surface area contributed by atoms with E-state index in [1.54, 1.807) is 7.11 Å². The average molecular weight is 294 g/mol. The van der Waals surface area contributed by atoms with Crippen molar-refractivity contribution < 1.29 is 14.3 Å². The van der Waals surface area contributed by atoms with Gasteiger partial charge in [0.05, 0.1) is 19.3 Å². The third kappa shape index (κ3) is 6.14. The molecule has 5 heteroatoms. The summed E-state index contributed by atoms with van der Waals surface area (Å²) in [5.41, 5.74) is 1.12. The molecule has 21 heavy (non-hydrogen) atoms. The van der Waals surface area contributed by atoms with Crippen molar-refractivity contribution in [1.29, 1.82) is 0 Å². The van der Waals surface area contributed by atoms with E-state index >= 15 is 0 Å². The first-order chi connectivity index (χ1) is 10.1. The lowest BCUT2D eigenvalue weighted by atomic mass is 10.1. The van der Waals surface area contributed by atoms with Crippen molar-refractivity contribution in [1.82, 2.24) is 10.6 Å². The van der Waals surface area contributed by atoms with E-state index in [-0.39, 0.29) is 18.0 Å². The number of carbonyl (C=O) groups excluding carboxylic acids is 1. The smallest absolute Gasteiger partial charge is 0.236 e. The van der Waals surface area contributed by atoms with Gasteiger partial charge in [-0.15, -0.1) is 0 Å². The highest BCUT2D eigenvalue weighted by atomic mass is 16.5. The Morgan fingerprint density at radius 2 is 1.90 bits per heavy atom. The van der Waals surface area contributed by atoms with Gasteiger partial charge in [-0.2, -0.15) is 0 Å². The summed E-state index contributed by atoms with van der Waals surface area (Å²) in [7, 11) is 1.61. The molecule has 0 radical (unpaired) electrons. The number of ether oxygens (including phenoxy) is 2. The molecular weight excluding hydrogens is 268 g/mol. The maximum atomic E-state index is 11.9. The minimum atomic E-state index is -0.261. The van der Waals surface area contributed by atoms with Crippen molar-refractivity contribution in [3.05, 3.63) is 29.8 Å². The molecule has 118 valence electrons. The van der Waals surface area contributed by atoms with E-state index in [9.17, 15) is 4.79 Å². The predicted molar refractivity (Wildman–Crippen MR) is 83.5 cm³/mol. The Morgan fingerprint density at radius 3 is 2.48 bits per heavy atom. The summed E-state index contributed by atoms with van der Waals surface area (Å²) in [6.07, 6.45) is 0. The molecule has 0 aliphatic heterocycles. The molecule has 0 spiro atoms. The Bertz CT molecular complexity index is 420. The van der Waals surface area contributed by atoms with Crippen molar-refractivity contribution in [2.45, 2.75) is 32.9 Å². The quantitative estimate of drug-likeness (QED) is 0.683. The summed E-state index contributed by atoms with van der Waals surface area (Å²) in [6.45, 7) is 7.56. The van der Waals surface area contributed by atoms with E-state index < -0.39 is 0 Å². The van der Waals surface area contributed by atoms with Gasteiger partial charge in [0.15, 0.2) is 0 Å². The number of amides is 1. The van der Waals surface area contributed by atoms with Crippen LogP contribution in [-0.4, -0.2) is 38.8 Å². The Labute approximate surface area is 127 Å². The highest BCUT2D eigenvalue weighted by Crippen LogP contribution is 2.18. The molecule has 1 amide bonds. The van der Waals surface area contributed by atoms with Gasteiger partial charge in [0, 0.05) is 19.7 Å². The zero-order valence-electron chi connectivity index (χ0n) is 13.3. The van der Waals surface area contributed by atoms with Gasteiger partial charge in [-0.3, -0.25) is 10.1 Å². The van der Waals surface area contributed by atoms with Gasteiger partial charge in [0.25, 0.3) is 0 Å². The number of carbonyl (C=O) groups is 1. The summed E-state index contributed by atoms with van der Waals surface area (Å²) in [5, 5.41) is 6.10. The number of benzene rings is 1. The molecule has 0 saturated carbocycles. The number of hydrogen-bond acceptors (Lipinski definition) is 4. The third-order valence-corrected chi connectivity index (χ3v) is 3.19. The molecule has 2 N–H and O–H groups in total. The molecule has 0 saturated heterocycles. The second-order valence-corrected chi connectivity index (χ2v) is 4.90. The molecule has 1 rings (SSSR count). The fourth-order valence-corrected chi connectivity index (χ4v) is 2.00. The monoisotopic (exact) mass is 294 g/mol. The first-order valence-electron chi connectivity index (χ1n) is 7.34. The van der Waals surface area contributed by atoms with Crippen LogP contribution in [0.15, 0.2) is 24.3 Å². The van der Waals surface area contributed by atoms with E-state index in [2.05, 4.69) is 10.6 Å². The van der Waals surface area contributed by atoms with E-state index in [1.165, 1.54) is 0 Å². The fourth-order valence-electron chi connectivity index (χ4n) is 2.00. The van der Waals surface area contributed by atoms with Crippen LogP contribution in [0.5, 0.6) is 5.75 Å². The molecule has 0 aromatic heterocycles. The number of rotatable bonds is 9. The summed E-state index contributed by atoms with van der Waals surface area (Å²) < 4.78 is 10.3. The first kappa shape index (κ1) is 17.5. The lowest BCUT2D eigenvalue weighted by molar-refractivity contribution is -0.123. The van der Waals surface area contributed by atoms with Gasteiger partial charge in [-0.05, 0) is 38.5 Å². The number of hydrogen-bond donors (Lipinski definition) is 2. The first-order valence-corrected chi connectivity index (χ1v) is 7.34. The average Bonchev–Trinajstić information content (AvgIpc) is 2.48. The topological polar surface area (TPSA) is 59.6 Å². The lowest BCUT2D eigenvalue weighted by Crippen LogP contribution is -2.44. The molecule has 0 fully saturated rings. The number of nitrogens with one attached hydrogen (secondary N) is 2. The molecule has 5 nitrogen and oxygen atoms in total. The zero-order chi connectivity index (χ0) is 15.7. The summed E-state index contributed by atoms with van der Waals surface area (Å²) >= 11 is 0. The van der Waals surface area contributed by atoms with Crippen LogP contribution in [0.2, 0.25) is 0 Å². The van der Waals surface area contributed by atoms with Crippen molar-refractivity contribution in [3.8, 4) is 5.75 Å². The van der Waals surface area contributed by atoms with Crippen LogP contribution in [0.4, 0.5) is 0 Å². The van der Waals surface area contributed by atoms with Crippen LogP contribution in [0, 0.1) is 0 Å². The maximum absolute atomic E-state index is 11.9. The van der Waals surface area contributed by atoms with Crippen molar-refractivity contribution in [2.75, 3.05) is 26.9 Å². The highest BCUT2D eigenvalue weighted by molar-refractivity contribution is 5.81. The molecule has 1 aromatic rings. The van der Waals surface area contributed by atoms with Gasteiger partial charge in [0.1, 0.15) is 5.75 Å². The SMILES string of the molecule is CCOc1ccc(C(C)NC(C)C(=O)NCCOC)cc1. The molecule has 0 aliphatic rings. The third-order valence-electron chi connectivity index (χ3n) is 3.19. The van der Waals surface area contributed by atoms with Crippen LogP contribution in [-0.2, 0) is 9.53 Å². The largest absolute Gasteiger partial charge is 0.494 e. The molecule has 1 aromatic carbocycles. The van der Waals surface area contributed by atoms with Crippen LogP contribution < -0.4 is 15.4 Å². The van der Waals surface area contributed by atoms with Crippen LogP contribution in [0.25, 0.3) is 0 Å². The molecular formula is C16H26N2O3. The standard InChI is InChI=1S/C16H26N2O3/c1-5-21-15-8-6-14(7-9-15)12(2)18-13(3)16(19)17-10-11-20-4/h6-9,12-13,18H,5,10-11H2,1-4H3,(H,17,19). The fraction of sp³-hybridized carbons (Fsp3) is 0.562. The van der Waals surface area contributed by atoms with Crippen LogP contribution in [0.1, 0.15) is 32.4 Å². The maximum Gasteiger partial charge on any atom is 0.236 e. The predicted octanol–water partition coefficient (Wildman–Crippen LogP) is 1.89. The Hall–Kier alpha value is -1.59. The molecule has 0 aliphatic carbocycles. The van der Waals surface area contributed by atoms with Crippen molar-refractivity contribution >= 4 is 5.91 Å². The van der Waals surface area contributed by atoms with E-state index in [0.29, 0.717) is 19.8 Å². The second-order valence-electron chi connectivity index (χ2n) is 4.90. The van der Waals surface area contributed by atoms with E-state index in [0.717, 1.165) is 11.3 Å². The number of methoxy groups -OCH3 is 1. The minimum absolute atomic E-state index is 0.0233. The van der Waals surface area contributed by atoms with Gasteiger partial charge in [-0.25, -0.2) is 0 Å². The van der Waals surface area contributed by atoms with Gasteiger partial charge in [0.2, 0.25) is 5.91 Å². The van der Waals surface area contributed by atoms with E-state index in [1.807, 2.05) is 45.0 Å². The summed E-state index contributed by atoms with van der Waals surface area (Å²) in [6, 6.07) is 7.74. The Kier molecular flexibility index (Phi) is 7.79. The van der Waals surface area contributed by atoms with Crippen molar-refractivity contribution in [2.24, 2.45) is 0 Å². The Morgan fingerprint density at radius 1 is 1.24 bits per heavy atom. The van der Waals surface area contributed by atoms with Crippen LogP contribution >= 0.6 is 0 Å². The molecule has 0 bridgehead atoms.